The van der Waals surface area contributed by atoms with E-state index in [9.17, 15) is 14.7 Å². The molecule has 1 aromatic carbocycles. The number of methoxy groups -OCH3 is 1. The van der Waals surface area contributed by atoms with E-state index in [2.05, 4.69) is 10.2 Å². The van der Waals surface area contributed by atoms with Gasteiger partial charge in [-0.1, -0.05) is 23.5 Å². The van der Waals surface area contributed by atoms with Crippen molar-refractivity contribution in [2.75, 3.05) is 12.0 Å². The maximum atomic E-state index is 13.0. The highest BCUT2D eigenvalue weighted by Gasteiger charge is 2.46. The van der Waals surface area contributed by atoms with Crippen molar-refractivity contribution in [2.45, 2.75) is 13.0 Å². The third kappa shape index (κ3) is 2.85. The Labute approximate surface area is 163 Å². The molecule has 4 rings (SSSR count). The monoisotopic (exact) mass is 397 g/mol. The van der Waals surface area contributed by atoms with Crippen LogP contribution in [-0.4, -0.2) is 34.1 Å². The molecule has 0 unspecified atom stereocenters. The predicted molar refractivity (Wildman–Crippen MR) is 101 cm³/mol. The molecule has 0 aliphatic carbocycles. The Morgan fingerprint density at radius 2 is 2.00 bits per heavy atom. The van der Waals surface area contributed by atoms with Crippen LogP contribution in [0.2, 0.25) is 0 Å². The summed E-state index contributed by atoms with van der Waals surface area (Å²) in [7, 11) is 1.54. The maximum absolute atomic E-state index is 13.0. The number of aliphatic hydroxyl groups is 1. The molecule has 3 aromatic rings. The summed E-state index contributed by atoms with van der Waals surface area (Å²) < 4.78 is 10.4. The van der Waals surface area contributed by atoms with E-state index >= 15 is 0 Å². The number of carbonyl (C=O) groups is 2. The molecule has 0 spiro atoms. The average molecular weight is 397 g/mol. The Morgan fingerprint density at radius 3 is 2.57 bits per heavy atom. The van der Waals surface area contributed by atoms with Gasteiger partial charge in [0.1, 0.15) is 10.8 Å². The molecule has 2 aromatic heterocycles. The van der Waals surface area contributed by atoms with Gasteiger partial charge in [-0.3, -0.25) is 14.5 Å². The largest absolute Gasteiger partial charge is 0.503 e. The molecule has 1 atom stereocenters. The second kappa shape index (κ2) is 6.93. The molecule has 9 heteroatoms. The number of amides is 1. The maximum Gasteiger partial charge on any atom is 0.296 e. The van der Waals surface area contributed by atoms with Gasteiger partial charge in [-0.15, -0.1) is 10.2 Å². The topological polar surface area (TPSA) is 106 Å². The molecule has 0 saturated carbocycles. The van der Waals surface area contributed by atoms with Gasteiger partial charge in [0.25, 0.3) is 5.91 Å². The van der Waals surface area contributed by atoms with E-state index in [1.54, 1.807) is 44.4 Å². The minimum absolute atomic E-state index is 0.0307. The average Bonchev–Trinajstić information content (AvgIpc) is 3.43. The van der Waals surface area contributed by atoms with Gasteiger partial charge in [-0.2, -0.15) is 0 Å². The van der Waals surface area contributed by atoms with Crippen LogP contribution in [-0.2, 0) is 4.79 Å². The van der Waals surface area contributed by atoms with Gasteiger partial charge in [0.05, 0.1) is 25.0 Å². The smallest absolute Gasteiger partial charge is 0.296 e. The lowest BCUT2D eigenvalue weighted by molar-refractivity contribution is -0.117. The van der Waals surface area contributed by atoms with Crippen LogP contribution in [0.5, 0.6) is 5.75 Å². The Hall–Kier alpha value is -3.46. The summed E-state index contributed by atoms with van der Waals surface area (Å²) in [5.74, 6) is -1.26. The third-order valence-electron chi connectivity index (χ3n) is 4.35. The zero-order chi connectivity index (χ0) is 19.8. The number of anilines is 1. The van der Waals surface area contributed by atoms with Crippen molar-refractivity contribution < 1.29 is 23.8 Å². The normalized spacial score (nSPS) is 16.7. The van der Waals surface area contributed by atoms with Crippen molar-refractivity contribution in [3.8, 4) is 5.75 Å². The van der Waals surface area contributed by atoms with E-state index in [-0.39, 0.29) is 16.5 Å². The fraction of sp³-hybridized carbons (Fsp3) is 0.158. The second-order valence-electron chi connectivity index (χ2n) is 6.02. The van der Waals surface area contributed by atoms with Crippen molar-refractivity contribution in [3.63, 3.8) is 0 Å². The molecule has 1 amide bonds. The van der Waals surface area contributed by atoms with Crippen LogP contribution in [0, 0.1) is 6.92 Å². The van der Waals surface area contributed by atoms with Crippen LogP contribution >= 0.6 is 11.3 Å². The minimum atomic E-state index is -0.872. The van der Waals surface area contributed by atoms with Gasteiger partial charge in [-0.05, 0) is 36.8 Å². The van der Waals surface area contributed by atoms with Crippen LogP contribution < -0.4 is 9.64 Å². The molecule has 142 valence electrons. The molecule has 0 fully saturated rings. The summed E-state index contributed by atoms with van der Waals surface area (Å²) in [6.45, 7) is 1.76. The molecule has 0 saturated heterocycles. The van der Waals surface area contributed by atoms with Gasteiger partial charge in [-0.25, -0.2) is 0 Å². The van der Waals surface area contributed by atoms with Gasteiger partial charge in [0.15, 0.2) is 11.5 Å². The number of Topliss-reactive ketones (excluding diaryl/α,β-unsaturated/α-hetero) is 1. The van der Waals surface area contributed by atoms with Crippen LogP contribution in [0.15, 0.2) is 58.4 Å². The number of rotatable bonds is 5. The number of carbonyl (C=O) groups excluding carboxylic acids is 2. The van der Waals surface area contributed by atoms with Crippen LogP contribution in [0.4, 0.5) is 5.13 Å². The van der Waals surface area contributed by atoms with E-state index in [0.29, 0.717) is 16.3 Å². The van der Waals surface area contributed by atoms with Gasteiger partial charge >= 0.3 is 0 Å². The Balaban J connectivity index is 1.86. The zero-order valence-corrected chi connectivity index (χ0v) is 15.8. The fourth-order valence-electron chi connectivity index (χ4n) is 3.06. The molecule has 0 bridgehead atoms. The number of aryl methyl sites for hydroxylation is 1. The van der Waals surface area contributed by atoms with Gasteiger partial charge in [0.2, 0.25) is 10.9 Å². The van der Waals surface area contributed by atoms with E-state index in [1.165, 1.54) is 28.6 Å². The minimum Gasteiger partial charge on any atom is -0.503 e. The number of benzene rings is 1. The van der Waals surface area contributed by atoms with Gasteiger partial charge < -0.3 is 14.3 Å². The Kier molecular flexibility index (Phi) is 4.44. The summed E-state index contributed by atoms with van der Waals surface area (Å²) in [6, 6.07) is 9.06. The standard InChI is InChI=1S/C19H15N3O5S/c1-10-20-21-19(28-10)22-15(11-5-7-12(26-2)8-6-11)14(17(24)18(22)25)16(23)13-4-3-9-27-13/h3-9,15,24H,1-2H3/t15-/m1/s1. The predicted octanol–water partition coefficient (Wildman–Crippen LogP) is 3.23. The summed E-state index contributed by atoms with van der Waals surface area (Å²) in [5, 5.41) is 19.5. The summed E-state index contributed by atoms with van der Waals surface area (Å²) >= 11 is 1.19. The first-order valence-electron chi connectivity index (χ1n) is 8.30. The van der Waals surface area contributed by atoms with E-state index < -0.39 is 23.5 Å². The molecular formula is C19H15N3O5S. The van der Waals surface area contributed by atoms with Gasteiger partial charge in [0, 0.05) is 0 Å². The first kappa shape index (κ1) is 17.9. The molecule has 0 radical (unpaired) electrons. The number of furan rings is 1. The highest BCUT2D eigenvalue weighted by Crippen LogP contribution is 2.42. The van der Waals surface area contributed by atoms with Crippen LogP contribution in [0.3, 0.4) is 0 Å². The number of aliphatic hydroxyl groups excluding tert-OH is 1. The van der Waals surface area contributed by atoms with Crippen molar-refractivity contribution in [3.05, 3.63) is 70.3 Å². The number of hydrogen-bond donors (Lipinski definition) is 1. The van der Waals surface area contributed by atoms with E-state index in [0.717, 1.165) is 0 Å². The first-order chi connectivity index (χ1) is 13.5. The quantitative estimate of drug-likeness (QED) is 0.659. The number of aromatic nitrogens is 2. The lowest BCUT2D eigenvalue weighted by atomic mass is 9.95. The molecule has 3 heterocycles. The molecule has 28 heavy (non-hydrogen) atoms. The highest BCUT2D eigenvalue weighted by atomic mass is 32.1. The van der Waals surface area contributed by atoms with Crippen LogP contribution in [0.1, 0.15) is 27.2 Å². The third-order valence-corrected chi connectivity index (χ3v) is 5.19. The Bertz CT molecular complexity index is 1070. The van der Waals surface area contributed by atoms with E-state index in [1.807, 2.05) is 0 Å². The lowest BCUT2D eigenvalue weighted by Crippen LogP contribution is -2.31. The molecule has 1 aliphatic rings. The summed E-state index contributed by atoms with van der Waals surface area (Å²) in [6.07, 6.45) is 1.36. The Morgan fingerprint density at radius 1 is 1.25 bits per heavy atom. The fourth-order valence-corrected chi connectivity index (χ4v) is 3.77. The van der Waals surface area contributed by atoms with E-state index in [4.69, 9.17) is 9.15 Å². The first-order valence-corrected chi connectivity index (χ1v) is 9.12. The van der Waals surface area contributed by atoms with Crippen LogP contribution in [0.25, 0.3) is 0 Å². The highest BCUT2D eigenvalue weighted by molar-refractivity contribution is 7.15. The summed E-state index contributed by atoms with van der Waals surface area (Å²) in [4.78, 5) is 27.1. The number of ether oxygens (including phenoxy) is 1. The number of hydrogen-bond acceptors (Lipinski definition) is 8. The number of nitrogens with zero attached hydrogens (tertiary/aromatic N) is 3. The van der Waals surface area contributed by atoms with Crippen molar-refractivity contribution in [1.82, 2.24) is 10.2 Å². The van der Waals surface area contributed by atoms with Crippen molar-refractivity contribution >= 4 is 28.2 Å². The molecule has 8 nitrogen and oxygen atoms in total. The molecule has 1 aliphatic heterocycles. The molecular weight excluding hydrogens is 382 g/mol. The number of ketones is 1. The van der Waals surface area contributed by atoms with Crippen molar-refractivity contribution in [1.29, 1.82) is 0 Å². The summed E-state index contributed by atoms with van der Waals surface area (Å²) in [5.41, 5.74) is 0.541. The van der Waals surface area contributed by atoms with Crippen molar-refractivity contribution in [2.24, 2.45) is 0 Å². The zero-order valence-electron chi connectivity index (χ0n) is 14.9. The lowest BCUT2D eigenvalue weighted by Gasteiger charge is -2.24. The molecule has 1 N–H and O–H groups in total. The second-order valence-corrected chi connectivity index (χ2v) is 7.18. The SMILES string of the molecule is COc1ccc([C@@H]2C(C(=O)c3ccco3)=C(O)C(=O)N2c2nnc(C)s2)cc1.